The lowest BCUT2D eigenvalue weighted by Crippen LogP contribution is -2.39. The number of amides is 2. The summed E-state index contributed by atoms with van der Waals surface area (Å²) >= 11 is 0. The van der Waals surface area contributed by atoms with Gasteiger partial charge in [-0.25, -0.2) is 9.36 Å². The Labute approximate surface area is 136 Å². The van der Waals surface area contributed by atoms with Crippen molar-refractivity contribution >= 4 is 13.9 Å². The molecule has 23 heavy (non-hydrogen) atoms. The number of rotatable bonds is 10. The number of phosphoric acid groups is 1. The van der Waals surface area contributed by atoms with Crippen molar-refractivity contribution in [1.82, 2.24) is 10.6 Å². The molecule has 130 valence electrons. The number of hydrogen-bond donors (Lipinski definition) is 4. The third-order valence-corrected chi connectivity index (χ3v) is 3.72. The van der Waals surface area contributed by atoms with Gasteiger partial charge in [-0.15, -0.1) is 0 Å². The van der Waals surface area contributed by atoms with Crippen LogP contribution in [0, 0.1) is 0 Å². The molecule has 0 spiro atoms. The highest BCUT2D eigenvalue weighted by molar-refractivity contribution is 7.46. The summed E-state index contributed by atoms with van der Waals surface area (Å²) in [6.45, 7) is 2.37. The van der Waals surface area contributed by atoms with Gasteiger partial charge in [-0.2, -0.15) is 0 Å². The smallest absolute Gasteiger partial charge is 0.338 e. The van der Waals surface area contributed by atoms with Crippen LogP contribution >= 0.6 is 7.82 Å². The van der Waals surface area contributed by atoms with E-state index in [1.807, 2.05) is 6.07 Å². The first-order chi connectivity index (χ1) is 10.9. The molecule has 0 aliphatic heterocycles. The Morgan fingerprint density at radius 2 is 1.91 bits per heavy atom. The van der Waals surface area contributed by atoms with Gasteiger partial charge in [0, 0.05) is 6.54 Å². The summed E-state index contributed by atoms with van der Waals surface area (Å²) in [5, 5.41) is 5.42. The number of urea groups is 1. The van der Waals surface area contributed by atoms with Crippen molar-refractivity contribution in [3.8, 4) is 0 Å². The quantitative estimate of drug-likeness (QED) is 0.385. The number of unbranched alkanes of at least 4 members (excludes halogenated alkanes) is 3. The van der Waals surface area contributed by atoms with E-state index in [0.29, 0.717) is 12.1 Å². The second-order valence-electron chi connectivity index (χ2n) is 5.21. The van der Waals surface area contributed by atoms with Crippen LogP contribution in [0.3, 0.4) is 0 Å². The van der Waals surface area contributed by atoms with Crippen LogP contribution in [0.5, 0.6) is 0 Å². The number of benzene rings is 1. The van der Waals surface area contributed by atoms with Crippen LogP contribution in [-0.4, -0.2) is 29.0 Å². The van der Waals surface area contributed by atoms with Crippen molar-refractivity contribution in [2.45, 2.75) is 38.6 Å². The normalized spacial score (nSPS) is 12.7. The Kier molecular flexibility index (Phi) is 8.87. The molecule has 0 radical (unpaired) electrons. The fourth-order valence-electron chi connectivity index (χ4n) is 2.04. The molecule has 0 bridgehead atoms. The maximum Gasteiger partial charge on any atom is 0.469 e. The van der Waals surface area contributed by atoms with Gasteiger partial charge in [0.15, 0.2) is 0 Å². The topological polar surface area (TPSA) is 108 Å². The zero-order valence-corrected chi connectivity index (χ0v) is 14.2. The van der Waals surface area contributed by atoms with Crippen LogP contribution < -0.4 is 10.6 Å². The maximum absolute atomic E-state index is 11.9. The van der Waals surface area contributed by atoms with E-state index in [1.54, 1.807) is 24.3 Å². The number of carbonyl (C=O) groups excluding carboxylic acids is 1. The molecule has 0 aromatic heterocycles. The lowest BCUT2D eigenvalue weighted by Gasteiger charge is -2.20. The lowest BCUT2D eigenvalue weighted by molar-refractivity contribution is 0.175. The average Bonchev–Trinajstić information content (AvgIpc) is 2.51. The van der Waals surface area contributed by atoms with Crippen LogP contribution in [0.25, 0.3) is 0 Å². The monoisotopic (exact) mass is 344 g/mol. The van der Waals surface area contributed by atoms with Crippen LogP contribution in [0.2, 0.25) is 0 Å². The van der Waals surface area contributed by atoms with Gasteiger partial charge in [0.25, 0.3) is 0 Å². The number of nitrogens with one attached hydrogen (secondary N) is 2. The van der Waals surface area contributed by atoms with Gasteiger partial charge in [-0.3, -0.25) is 4.52 Å². The van der Waals surface area contributed by atoms with E-state index in [2.05, 4.69) is 22.1 Å². The van der Waals surface area contributed by atoms with Crippen LogP contribution in [-0.2, 0) is 9.09 Å². The predicted molar refractivity (Wildman–Crippen MR) is 87.9 cm³/mol. The molecule has 0 saturated carbocycles. The van der Waals surface area contributed by atoms with Crippen molar-refractivity contribution in [3.05, 3.63) is 35.9 Å². The molecule has 0 heterocycles. The van der Waals surface area contributed by atoms with Crippen molar-refractivity contribution in [2.75, 3.05) is 13.2 Å². The molecule has 7 nitrogen and oxygen atoms in total. The molecule has 4 N–H and O–H groups in total. The standard InChI is InChI=1S/C15H25N2O5P/c1-2-3-4-8-11-16-15(18)17-14(12-22-23(19,20)21)13-9-6-5-7-10-13/h5-7,9-10,14H,2-4,8,11-12H2,1H3,(H2,16,17,18)(H2,19,20,21). The Balaban J connectivity index is 2.52. The van der Waals surface area contributed by atoms with E-state index in [1.165, 1.54) is 0 Å². The molecule has 0 fully saturated rings. The summed E-state index contributed by atoms with van der Waals surface area (Å²) in [6.07, 6.45) is 4.21. The van der Waals surface area contributed by atoms with E-state index in [9.17, 15) is 9.36 Å². The van der Waals surface area contributed by atoms with Gasteiger partial charge in [0.1, 0.15) is 0 Å². The summed E-state index contributed by atoms with van der Waals surface area (Å²) < 4.78 is 15.4. The first-order valence-electron chi connectivity index (χ1n) is 7.71. The summed E-state index contributed by atoms with van der Waals surface area (Å²) in [5.41, 5.74) is 0.710. The SMILES string of the molecule is CCCCCCNC(=O)NC(COP(=O)(O)O)c1ccccc1. The first-order valence-corrected chi connectivity index (χ1v) is 9.25. The first kappa shape index (κ1) is 19.6. The molecule has 1 rings (SSSR count). The third-order valence-electron chi connectivity index (χ3n) is 3.23. The maximum atomic E-state index is 11.9. The minimum atomic E-state index is -4.59. The lowest BCUT2D eigenvalue weighted by atomic mass is 10.1. The highest BCUT2D eigenvalue weighted by Crippen LogP contribution is 2.37. The van der Waals surface area contributed by atoms with Gasteiger partial charge in [-0.1, -0.05) is 56.5 Å². The molecular weight excluding hydrogens is 319 g/mol. The molecule has 1 atom stereocenters. The molecule has 1 aromatic carbocycles. The number of hydrogen-bond acceptors (Lipinski definition) is 3. The fourth-order valence-corrected chi connectivity index (χ4v) is 2.38. The summed E-state index contributed by atoms with van der Waals surface area (Å²) in [4.78, 5) is 29.6. The van der Waals surface area contributed by atoms with E-state index in [-0.39, 0.29) is 12.6 Å². The Morgan fingerprint density at radius 3 is 2.52 bits per heavy atom. The third kappa shape index (κ3) is 9.36. The molecule has 0 aliphatic rings. The van der Waals surface area contributed by atoms with E-state index >= 15 is 0 Å². The zero-order chi connectivity index (χ0) is 17.1. The molecular formula is C15H25N2O5P. The van der Waals surface area contributed by atoms with Gasteiger partial charge in [0.05, 0.1) is 12.6 Å². The minimum absolute atomic E-state index is 0.308. The second-order valence-corrected chi connectivity index (χ2v) is 6.45. The van der Waals surface area contributed by atoms with E-state index < -0.39 is 13.9 Å². The molecule has 0 saturated heterocycles. The second kappa shape index (κ2) is 10.4. The average molecular weight is 344 g/mol. The highest BCUT2D eigenvalue weighted by atomic mass is 31.2. The molecule has 8 heteroatoms. The highest BCUT2D eigenvalue weighted by Gasteiger charge is 2.20. The Hall–Kier alpha value is -1.40. The van der Waals surface area contributed by atoms with E-state index in [0.717, 1.165) is 25.7 Å². The van der Waals surface area contributed by atoms with Crippen LogP contribution in [0.15, 0.2) is 30.3 Å². The molecule has 0 aliphatic carbocycles. The Bertz CT molecular complexity index is 506. The fraction of sp³-hybridized carbons (Fsp3) is 0.533. The number of carbonyl (C=O) groups is 1. The van der Waals surface area contributed by atoms with Gasteiger partial charge in [-0.05, 0) is 12.0 Å². The molecule has 1 aromatic rings. The largest absolute Gasteiger partial charge is 0.469 e. The summed E-state index contributed by atoms with van der Waals surface area (Å²) in [7, 11) is -4.59. The summed E-state index contributed by atoms with van der Waals surface area (Å²) in [6, 6.07) is 7.88. The van der Waals surface area contributed by atoms with Crippen molar-refractivity contribution in [1.29, 1.82) is 0 Å². The van der Waals surface area contributed by atoms with Crippen LogP contribution in [0.4, 0.5) is 4.79 Å². The van der Waals surface area contributed by atoms with Crippen LogP contribution in [0.1, 0.15) is 44.2 Å². The predicted octanol–water partition coefficient (Wildman–Crippen LogP) is 2.72. The van der Waals surface area contributed by atoms with Crippen molar-refractivity contribution < 1.29 is 23.7 Å². The summed E-state index contributed by atoms with van der Waals surface area (Å²) in [5.74, 6) is 0. The van der Waals surface area contributed by atoms with Crippen molar-refractivity contribution in [2.24, 2.45) is 0 Å². The van der Waals surface area contributed by atoms with E-state index in [4.69, 9.17) is 9.79 Å². The Morgan fingerprint density at radius 1 is 1.22 bits per heavy atom. The number of phosphoric ester groups is 1. The zero-order valence-electron chi connectivity index (χ0n) is 13.3. The molecule has 1 unspecified atom stereocenters. The molecule has 2 amide bonds. The minimum Gasteiger partial charge on any atom is -0.338 e. The van der Waals surface area contributed by atoms with Gasteiger partial charge < -0.3 is 20.4 Å². The van der Waals surface area contributed by atoms with Gasteiger partial charge >= 0.3 is 13.9 Å². The van der Waals surface area contributed by atoms with Crippen molar-refractivity contribution in [3.63, 3.8) is 0 Å². The van der Waals surface area contributed by atoms with Gasteiger partial charge in [0.2, 0.25) is 0 Å².